The van der Waals surface area contributed by atoms with Crippen LogP contribution in [0.5, 0.6) is 0 Å². The van der Waals surface area contributed by atoms with E-state index in [9.17, 15) is 0 Å². The summed E-state index contributed by atoms with van der Waals surface area (Å²) in [4.78, 5) is 9.95. The Morgan fingerprint density at radius 2 is 1.00 bits per heavy atom. The maximum Gasteiger partial charge on any atom is 0.252 e. The maximum atomic E-state index is 4.98. The Morgan fingerprint density at radius 1 is 0.455 bits per heavy atom. The van der Waals surface area contributed by atoms with Crippen LogP contribution in [0, 0.1) is 20.8 Å². The van der Waals surface area contributed by atoms with Gasteiger partial charge < -0.3 is 14.4 Å². The first-order valence-corrected chi connectivity index (χ1v) is 19.1. The first kappa shape index (κ1) is 31.7. The minimum atomic E-state index is -0.00319. The first-order valence-electron chi connectivity index (χ1n) is 19.1. The van der Waals surface area contributed by atoms with Crippen LogP contribution in [0.4, 0.5) is 34.1 Å². The van der Waals surface area contributed by atoms with E-state index in [1.54, 1.807) is 0 Å². The van der Waals surface area contributed by atoms with E-state index >= 15 is 0 Å². The largest absolute Gasteiger partial charge is 0.311 e. The molecule has 0 fully saturated rings. The molecule has 0 bridgehead atoms. The van der Waals surface area contributed by atoms with Gasteiger partial charge in [0.1, 0.15) is 0 Å². The molecular weight excluding hydrogens is 667 g/mol. The molecule has 0 atom stereocenters. The zero-order valence-corrected chi connectivity index (χ0v) is 31.0. The molecule has 0 amide bonds. The molecule has 4 nitrogen and oxygen atoms in total. The Labute approximate surface area is 321 Å². The second kappa shape index (κ2) is 12.1. The Balaban J connectivity index is 1.26. The molecule has 9 aromatic rings. The number of rotatable bonds is 4. The van der Waals surface area contributed by atoms with Gasteiger partial charge in [0.2, 0.25) is 0 Å². The van der Waals surface area contributed by atoms with Crippen LogP contribution in [0.2, 0.25) is 0 Å². The first-order chi connectivity index (χ1) is 27.0. The van der Waals surface area contributed by atoms with E-state index in [4.69, 9.17) is 4.98 Å². The summed E-state index contributed by atoms with van der Waals surface area (Å²) in [6, 6.07) is 62.5. The lowest BCUT2D eigenvalue weighted by molar-refractivity contribution is 1.11. The van der Waals surface area contributed by atoms with Crippen molar-refractivity contribution in [3.05, 3.63) is 187 Å². The van der Waals surface area contributed by atoms with Gasteiger partial charge in [0, 0.05) is 67.5 Å². The highest BCUT2D eigenvalue weighted by Gasteiger charge is 2.43. The molecule has 2 aliphatic heterocycles. The predicted octanol–water partition coefficient (Wildman–Crippen LogP) is 10.9. The van der Waals surface area contributed by atoms with Gasteiger partial charge in [0.25, 0.3) is 6.71 Å². The lowest BCUT2D eigenvalue weighted by atomic mass is 9.33. The fourth-order valence-corrected chi connectivity index (χ4v) is 9.59. The van der Waals surface area contributed by atoms with Gasteiger partial charge in [0.15, 0.2) is 0 Å². The summed E-state index contributed by atoms with van der Waals surface area (Å²) < 4.78 is 2.44. The third-order valence-corrected chi connectivity index (χ3v) is 11.6. The number of aromatic nitrogens is 2. The van der Waals surface area contributed by atoms with Gasteiger partial charge in [0.05, 0.1) is 11.0 Å². The highest BCUT2D eigenvalue weighted by atomic mass is 15.2. The number of anilines is 6. The molecule has 0 radical (unpaired) electrons. The highest BCUT2D eigenvalue weighted by Crippen LogP contribution is 2.47. The summed E-state index contributed by atoms with van der Waals surface area (Å²) in [6.07, 6.45) is 0. The molecule has 0 saturated heterocycles. The van der Waals surface area contributed by atoms with Gasteiger partial charge in [-0.05, 0) is 127 Å². The minimum Gasteiger partial charge on any atom is -0.311 e. The van der Waals surface area contributed by atoms with Crippen LogP contribution in [-0.2, 0) is 0 Å². The smallest absolute Gasteiger partial charge is 0.252 e. The van der Waals surface area contributed by atoms with Crippen LogP contribution in [-0.4, -0.2) is 16.3 Å². The van der Waals surface area contributed by atoms with Gasteiger partial charge >= 0.3 is 0 Å². The van der Waals surface area contributed by atoms with Crippen LogP contribution in [0.15, 0.2) is 170 Å². The van der Waals surface area contributed by atoms with Crippen molar-refractivity contribution in [3.63, 3.8) is 0 Å². The Kier molecular flexibility index (Phi) is 6.96. The van der Waals surface area contributed by atoms with Crippen LogP contribution in [0.3, 0.4) is 0 Å². The fourth-order valence-electron chi connectivity index (χ4n) is 9.59. The van der Waals surface area contributed by atoms with Crippen molar-refractivity contribution in [2.75, 3.05) is 9.80 Å². The Hall–Kier alpha value is -6.85. The lowest BCUT2D eigenvalue weighted by Gasteiger charge is -2.44. The summed E-state index contributed by atoms with van der Waals surface area (Å²) in [5.74, 6) is 0. The molecule has 0 unspecified atom stereocenters. The summed E-state index contributed by atoms with van der Waals surface area (Å²) in [6.45, 7) is 6.45. The monoisotopic (exact) mass is 704 g/mol. The van der Waals surface area contributed by atoms with E-state index in [-0.39, 0.29) is 6.71 Å². The number of aryl methyl sites for hydroxylation is 3. The molecule has 0 spiro atoms. The van der Waals surface area contributed by atoms with Gasteiger partial charge in [-0.2, -0.15) is 0 Å². The van der Waals surface area contributed by atoms with Crippen molar-refractivity contribution >= 4 is 79.0 Å². The summed E-state index contributed by atoms with van der Waals surface area (Å²) in [7, 11) is 0. The summed E-state index contributed by atoms with van der Waals surface area (Å²) in [5.41, 5.74) is 20.2. The fraction of sp³-hybridized carbons (Fsp3) is 0.0600. The lowest BCUT2D eigenvalue weighted by Crippen LogP contribution is -2.61. The molecular formula is C50H37BN4. The number of fused-ring (bicyclic) bond motifs is 7. The zero-order chi connectivity index (χ0) is 36.8. The van der Waals surface area contributed by atoms with E-state index in [1.807, 2.05) is 0 Å². The van der Waals surface area contributed by atoms with Crippen LogP contribution >= 0.6 is 0 Å². The number of para-hydroxylation sites is 5. The average molecular weight is 705 g/mol. The van der Waals surface area contributed by atoms with E-state index in [1.165, 1.54) is 77.6 Å². The predicted molar refractivity (Wildman–Crippen MR) is 232 cm³/mol. The van der Waals surface area contributed by atoms with E-state index in [0.717, 1.165) is 28.5 Å². The molecule has 2 aromatic heterocycles. The topological polar surface area (TPSA) is 24.3 Å². The second-order valence-electron chi connectivity index (χ2n) is 14.9. The highest BCUT2D eigenvalue weighted by molar-refractivity contribution is 7.00. The Bertz CT molecular complexity index is 2890. The molecule has 0 saturated carbocycles. The van der Waals surface area contributed by atoms with Gasteiger partial charge in [-0.1, -0.05) is 91.0 Å². The summed E-state index contributed by atoms with van der Waals surface area (Å²) >= 11 is 0. The minimum absolute atomic E-state index is 0.00319. The summed E-state index contributed by atoms with van der Waals surface area (Å²) in [5, 5.41) is 2.53. The van der Waals surface area contributed by atoms with Crippen LogP contribution in [0.1, 0.15) is 17.0 Å². The van der Waals surface area contributed by atoms with Crippen molar-refractivity contribution < 1.29 is 0 Å². The van der Waals surface area contributed by atoms with Crippen molar-refractivity contribution in [2.45, 2.75) is 20.8 Å². The molecule has 0 N–H and O–H groups in total. The molecule has 0 aliphatic carbocycles. The normalized spacial score (nSPS) is 12.9. The van der Waals surface area contributed by atoms with E-state index in [2.05, 4.69) is 205 Å². The number of hydrogen-bond donors (Lipinski definition) is 0. The Morgan fingerprint density at radius 3 is 1.62 bits per heavy atom. The van der Waals surface area contributed by atoms with Crippen molar-refractivity contribution in [2.24, 2.45) is 0 Å². The molecule has 11 rings (SSSR count). The van der Waals surface area contributed by atoms with Gasteiger partial charge in [-0.3, -0.25) is 4.98 Å². The van der Waals surface area contributed by atoms with Crippen LogP contribution < -0.4 is 26.2 Å². The number of hydrogen-bond acceptors (Lipinski definition) is 3. The molecule has 2 aliphatic rings. The van der Waals surface area contributed by atoms with E-state index < -0.39 is 0 Å². The second-order valence-corrected chi connectivity index (χ2v) is 14.9. The van der Waals surface area contributed by atoms with Crippen LogP contribution in [0.25, 0.3) is 38.6 Å². The number of nitrogens with zero attached hydrogens (tertiary/aromatic N) is 4. The van der Waals surface area contributed by atoms with E-state index in [0.29, 0.717) is 0 Å². The molecule has 260 valence electrons. The third-order valence-electron chi connectivity index (χ3n) is 11.6. The van der Waals surface area contributed by atoms with Gasteiger partial charge in [-0.25, -0.2) is 0 Å². The quantitative estimate of drug-likeness (QED) is 0.171. The third kappa shape index (κ3) is 4.69. The number of benzene rings is 7. The van der Waals surface area contributed by atoms with Crippen molar-refractivity contribution in [3.8, 4) is 16.8 Å². The standard InChI is InChI=1S/C50H37BN4/c1-32-28-33(2)52-34(3)49(32)35-29-47-50-48(30-35)54(37-18-8-5-9-19-37)46-27-26-38(55-43-23-13-10-20-39(43)40-21-11-14-24-44(40)55)31-42(46)51(50)41-22-12-15-25-45(41)53(47)36-16-6-4-7-17-36/h4-31H,1-3H3. The molecule has 7 aromatic carbocycles. The zero-order valence-electron chi connectivity index (χ0n) is 31.0. The maximum absolute atomic E-state index is 4.98. The number of pyridine rings is 1. The van der Waals surface area contributed by atoms with Crippen molar-refractivity contribution in [1.82, 2.24) is 9.55 Å². The molecule has 4 heterocycles. The van der Waals surface area contributed by atoms with Crippen molar-refractivity contribution in [1.29, 1.82) is 0 Å². The molecule has 55 heavy (non-hydrogen) atoms. The molecule has 5 heteroatoms. The average Bonchev–Trinajstić information content (AvgIpc) is 3.55. The SMILES string of the molecule is Cc1cc(C)c(-c2cc3c4c(c2)N(c2ccccc2)c2ccc(-n5c6ccccc6c6ccccc65)cc2B4c2ccccc2N3c2ccccc2)c(C)n1. The van der Waals surface area contributed by atoms with Gasteiger partial charge in [-0.15, -0.1) is 0 Å².